The van der Waals surface area contributed by atoms with Crippen LogP contribution in [0.15, 0.2) is 72.2 Å². The molecule has 0 radical (unpaired) electrons. The van der Waals surface area contributed by atoms with Crippen molar-refractivity contribution in [3.8, 4) is 16.9 Å². The summed E-state index contributed by atoms with van der Waals surface area (Å²) in [5.74, 6) is -0.498. The van der Waals surface area contributed by atoms with Gasteiger partial charge in [-0.15, -0.1) is 23.1 Å². The summed E-state index contributed by atoms with van der Waals surface area (Å²) in [5, 5.41) is 9.69. The zero-order valence-electron chi connectivity index (χ0n) is 16.4. The number of halogens is 3. The Balaban J connectivity index is 1.55. The molecule has 0 aliphatic heterocycles. The molecule has 9 heteroatoms. The van der Waals surface area contributed by atoms with Gasteiger partial charge in [-0.1, -0.05) is 42.5 Å². The first kappa shape index (κ1) is 22.2. The highest BCUT2D eigenvalue weighted by molar-refractivity contribution is 7.99. The van der Waals surface area contributed by atoms with Gasteiger partial charge in [0.25, 0.3) is 0 Å². The molecule has 4 rings (SSSR count). The van der Waals surface area contributed by atoms with Crippen LogP contribution in [0.2, 0.25) is 0 Å². The van der Waals surface area contributed by atoms with Gasteiger partial charge in [-0.25, -0.2) is 9.78 Å². The standard InChI is InChI=1S/C23H16F3NO3S2/c24-23(25,26)16-10-8-14(9-11-16)17-5-1-2-6-18(17)30-22(21(28)29)31-12-15-4-3-7-19-20(15)27-13-32-19/h1-11,13,22H,12H2,(H,28,29). The Bertz CT molecular complexity index is 1240. The molecule has 1 heterocycles. The van der Waals surface area contributed by atoms with E-state index in [0.717, 1.165) is 39.7 Å². The highest BCUT2D eigenvalue weighted by Gasteiger charge is 2.30. The molecule has 0 saturated carbocycles. The lowest BCUT2D eigenvalue weighted by molar-refractivity contribution is -0.141. The van der Waals surface area contributed by atoms with Crippen molar-refractivity contribution >= 4 is 39.3 Å². The number of ether oxygens (including phenoxy) is 1. The molecular formula is C23H16F3NO3S2. The monoisotopic (exact) mass is 475 g/mol. The van der Waals surface area contributed by atoms with Crippen molar-refractivity contribution in [3.05, 3.63) is 83.4 Å². The number of benzene rings is 3. The lowest BCUT2D eigenvalue weighted by Crippen LogP contribution is -2.23. The molecule has 1 aromatic heterocycles. The topological polar surface area (TPSA) is 59.4 Å². The van der Waals surface area contributed by atoms with Crippen molar-refractivity contribution < 1.29 is 27.8 Å². The van der Waals surface area contributed by atoms with Crippen molar-refractivity contribution in [2.45, 2.75) is 17.4 Å². The van der Waals surface area contributed by atoms with E-state index < -0.39 is 23.1 Å². The van der Waals surface area contributed by atoms with Crippen molar-refractivity contribution in [3.63, 3.8) is 0 Å². The van der Waals surface area contributed by atoms with Crippen LogP contribution in [0, 0.1) is 0 Å². The normalized spacial score (nSPS) is 12.6. The van der Waals surface area contributed by atoms with Gasteiger partial charge in [-0.2, -0.15) is 13.2 Å². The van der Waals surface area contributed by atoms with Gasteiger partial charge in [0.1, 0.15) is 5.75 Å². The Kier molecular flexibility index (Phi) is 6.38. The first-order valence-corrected chi connectivity index (χ1v) is 11.3. The zero-order valence-corrected chi connectivity index (χ0v) is 18.0. The Labute approximate surface area is 189 Å². The minimum Gasteiger partial charge on any atom is -0.478 e. The van der Waals surface area contributed by atoms with Crippen LogP contribution < -0.4 is 4.74 Å². The molecule has 3 aromatic carbocycles. The average molecular weight is 476 g/mol. The number of aromatic nitrogens is 1. The summed E-state index contributed by atoms with van der Waals surface area (Å²) in [6.45, 7) is 0. The van der Waals surface area contributed by atoms with Gasteiger partial charge in [0, 0.05) is 11.3 Å². The number of hydrogen-bond acceptors (Lipinski definition) is 5. The van der Waals surface area contributed by atoms with E-state index in [2.05, 4.69) is 4.98 Å². The second-order valence-electron chi connectivity index (χ2n) is 6.79. The van der Waals surface area contributed by atoms with Crippen LogP contribution in [0.25, 0.3) is 21.3 Å². The molecule has 0 bridgehead atoms. The highest BCUT2D eigenvalue weighted by Crippen LogP contribution is 2.35. The lowest BCUT2D eigenvalue weighted by atomic mass is 10.0. The van der Waals surface area contributed by atoms with E-state index in [9.17, 15) is 23.1 Å². The Morgan fingerprint density at radius 1 is 1.06 bits per heavy atom. The summed E-state index contributed by atoms with van der Waals surface area (Å²) >= 11 is 2.61. The first-order chi connectivity index (χ1) is 15.3. The number of rotatable bonds is 7. The van der Waals surface area contributed by atoms with Crippen molar-refractivity contribution in [1.82, 2.24) is 4.98 Å². The van der Waals surface area contributed by atoms with Crippen molar-refractivity contribution in [2.75, 3.05) is 0 Å². The summed E-state index contributed by atoms with van der Waals surface area (Å²) < 4.78 is 45.4. The fraction of sp³-hybridized carbons (Fsp3) is 0.130. The molecule has 0 aliphatic carbocycles. The van der Waals surface area contributed by atoms with Gasteiger partial charge in [0.15, 0.2) is 0 Å². The predicted octanol–water partition coefficient (Wildman–Crippen LogP) is 6.71. The third kappa shape index (κ3) is 4.89. The number of nitrogens with zero attached hydrogens (tertiary/aromatic N) is 1. The summed E-state index contributed by atoms with van der Waals surface area (Å²) in [7, 11) is 0. The third-order valence-corrected chi connectivity index (χ3v) is 6.55. The molecular weight excluding hydrogens is 459 g/mol. The van der Waals surface area contributed by atoms with Crippen LogP contribution in [0.5, 0.6) is 5.75 Å². The van der Waals surface area contributed by atoms with E-state index in [-0.39, 0.29) is 5.75 Å². The Hall–Kier alpha value is -3.04. The number of aliphatic carboxylic acids is 1. The molecule has 4 aromatic rings. The lowest BCUT2D eigenvalue weighted by Gasteiger charge is -2.18. The molecule has 1 N–H and O–H groups in total. The fourth-order valence-corrected chi connectivity index (χ4v) is 4.75. The third-order valence-electron chi connectivity index (χ3n) is 4.68. The molecule has 0 saturated heterocycles. The van der Waals surface area contributed by atoms with Gasteiger partial charge in [-0.05, 0) is 35.4 Å². The van der Waals surface area contributed by atoms with E-state index in [1.165, 1.54) is 23.5 Å². The van der Waals surface area contributed by atoms with Crippen molar-refractivity contribution in [1.29, 1.82) is 0 Å². The SMILES string of the molecule is O=C(O)C(Oc1ccccc1-c1ccc(C(F)(F)F)cc1)SCc1cccc2scnc12. The highest BCUT2D eigenvalue weighted by atomic mass is 32.2. The summed E-state index contributed by atoms with van der Waals surface area (Å²) in [4.78, 5) is 16.2. The number of fused-ring (bicyclic) bond motifs is 1. The predicted molar refractivity (Wildman–Crippen MR) is 120 cm³/mol. The number of thiazole rings is 1. The maximum absolute atomic E-state index is 12.9. The van der Waals surface area contributed by atoms with Gasteiger partial charge >= 0.3 is 12.1 Å². The van der Waals surface area contributed by atoms with Gasteiger partial charge in [0.05, 0.1) is 21.3 Å². The Morgan fingerprint density at radius 2 is 1.81 bits per heavy atom. The van der Waals surface area contributed by atoms with Crippen LogP contribution in [-0.4, -0.2) is 21.5 Å². The molecule has 164 valence electrons. The van der Waals surface area contributed by atoms with Gasteiger partial charge in [-0.3, -0.25) is 0 Å². The Morgan fingerprint density at radius 3 is 2.53 bits per heavy atom. The summed E-state index contributed by atoms with van der Waals surface area (Å²) in [5.41, 5.74) is 2.52. The fourth-order valence-electron chi connectivity index (χ4n) is 3.14. The van der Waals surface area contributed by atoms with Gasteiger partial charge < -0.3 is 9.84 Å². The average Bonchev–Trinajstić information content (AvgIpc) is 3.26. The number of carboxylic acid groups (broad SMARTS) is 1. The van der Waals surface area contributed by atoms with Crippen LogP contribution in [0.3, 0.4) is 0 Å². The smallest absolute Gasteiger partial charge is 0.416 e. The largest absolute Gasteiger partial charge is 0.478 e. The van der Waals surface area contributed by atoms with Crippen LogP contribution in [-0.2, 0) is 16.7 Å². The second-order valence-corrected chi connectivity index (χ2v) is 8.72. The van der Waals surface area contributed by atoms with Crippen LogP contribution in [0.4, 0.5) is 13.2 Å². The number of para-hydroxylation sites is 2. The number of hydrogen-bond donors (Lipinski definition) is 1. The van der Waals surface area contributed by atoms with E-state index >= 15 is 0 Å². The van der Waals surface area contributed by atoms with Gasteiger partial charge in [0.2, 0.25) is 5.44 Å². The summed E-state index contributed by atoms with van der Waals surface area (Å²) in [6.07, 6.45) is -4.43. The number of carbonyl (C=O) groups is 1. The number of thioether (sulfide) groups is 1. The number of carboxylic acids is 1. The molecule has 0 fully saturated rings. The van der Waals surface area contributed by atoms with Crippen LogP contribution in [0.1, 0.15) is 11.1 Å². The molecule has 0 aliphatic rings. The minimum absolute atomic E-state index is 0.277. The first-order valence-electron chi connectivity index (χ1n) is 9.42. The van der Waals surface area contributed by atoms with E-state index in [1.54, 1.807) is 29.8 Å². The van der Waals surface area contributed by atoms with Crippen molar-refractivity contribution in [2.24, 2.45) is 0 Å². The van der Waals surface area contributed by atoms with E-state index in [1.807, 2.05) is 18.2 Å². The summed E-state index contributed by atoms with van der Waals surface area (Å²) in [6, 6.07) is 17.1. The molecule has 0 spiro atoms. The quantitative estimate of drug-likeness (QED) is 0.301. The zero-order chi connectivity index (χ0) is 22.7. The number of alkyl halides is 3. The second kappa shape index (κ2) is 9.22. The van der Waals surface area contributed by atoms with E-state index in [4.69, 9.17) is 4.74 Å². The van der Waals surface area contributed by atoms with Crippen LogP contribution >= 0.6 is 23.1 Å². The molecule has 0 amide bonds. The van der Waals surface area contributed by atoms with E-state index in [0.29, 0.717) is 16.9 Å². The maximum atomic E-state index is 12.9. The molecule has 1 unspecified atom stereocenters. The molecule has 32 heavy (non-hydrogen) atoms. The molecule has 4 nitrogen and oxygen atoms in total. The maximum Gasteiger partial charge on any atom is 0.416 e. The minimum atomic E-state index is -4.43. The molecule has 1 atom stereocenters.